The second-order valence-electron chi connectivity index (χ2n) is 5.87. The van der Waals surface area contributed by atoms with Gasteiger partial charge < -0.3 is 24.8 Å². The van der Waals surface area contributed by atoms with Crippen LogP contribution >= 0.6 is 0 Å². The van der Waals surface area contributed by atoms with Crippen molar-refractivity contribution in [3.63, 3.8) is 0 Å². The van der Waals surface area contributed by atoms with Crippen LogP contribution in [0.1, 0.15) is 19.8 Å². The monoisotopic (exact) mass is 380 g/mol. The summed E-state index contributed by atoms with van der Waals surface area (Å²) in [5.74, 6) is 0.175. The average molecular weight is 380 g/mol. The van der Waals surface area contributed by atoms with Crippen molar-refractivity contribution in [1.82, 2.24) is 0 Å². The molecule has 150 valence electrons. The van der Waals surface area contributed by atoms with Crippen LogP contribution in [0.25, 0.3) is 0 Å². The summed E-state index contributed by atoms with van der Waals surface area (Å²) in [6.07, 6.45) is 9.28. The Labute approximate surface area is 160 Å². The van der Waals surface area contributed by atoms with Gasteiger partial charge in [0.15, 0.2) is 0 Å². The summed E-state index contributed by atoms with van der Waals surface area (Å²) in [4.78, 5) is 0. The Morgan fingerprint density at radius 1 is 0.963 bits per heavy atom. The van der Waals surface area contributed by atoms with Crippen molar-refractivity contribution in [2.75, 3.05) is 19.8 Å². The zero-order chi connectivity index (χ0) is 19.9. The predicted molar refractivity (Wildman–Crippen MR) is 103 cm³/mol. The molecule has 0 radical (unpaired) electrons. The van der Waals surface area contributed by atoms with E-state index in [1.807, 2.05) is 19.1 Å². The number of halogens is 1. The van der Waals surface area contributed by atoms with E-state index in [9.17, 15) is 19.7 Å². The Hall–Kier alpha value is -1.99. The number of rotatable bonds is 13. The second kappa shape index (κ2) is 14.1. The minimum absolute atomic E-state index is 0.0999. The SMILES string of the molecule is CCOC[C@H](O)[C@H](O)/C=C/C=C/CC/C=C/[C@H](O)COc1ccc(F)cc1. The van der Waals surface area contributed by atoms with Crippen LogP contribution in [0, 0.1) is 5.82 Å². The lowest BCUT2D eigenvalue weighted by Crippen LogP contribution is -2.28. The smallest absolute Gasteiger partial charge is 0.123 e. The lowest BCUT2D eigenvalue weighted by Gasteiger charge is -2.13. The number of benzene rings is 1. The minimum atomic E-state index is -0.961. The summed E-state index contributed by atoms with van der Waals surface area (Å²) in [6.45, 7) is 2.52. The van der Waals surface area contributed by atoms with Crippen molar-refractivity contribution in [3.8, 4) is 5.75 Å². The van der Waals surface area contributed by atoms with Gasteiger partial charge in [0.05, 0.1) is 6.61 Å². The molecule has 1 rings (SSSR count). The molecule has 0 spiro atoms. The van der Waals surface area contributed by atoms with Gasteiger partial charge in [-0.2, -0.15) is 0 Å². The minimum Gasteiger partial charge on any atom is -0.491 e. The maximum atomic E-state index is 12.8. The molecular formula is C21H29FO5. The Balaban J connectivity index is 2.15. The molecule has 0 aliphatic heterocycles. The first-order chi connectivity index (χ1) is 13.0. The molecule has 0 aliphatic carbocycles. The highest BCUT2D eigenvalue weighted by molar-refractivity contribution is 5.22. The van der Waals surface area contributed by atoms with E-state index in [1.165, 1.54) is 30.3 Å². The fourth-order valence-corrected chi connectivity index (χ4v) is 2.03. The number of hydrogen-bond acceptors (Lipinski definition) is 5. The Kier molecular flexibility index (Phi) is 12.1. The summed E-state index contributed by atoms with van der Waals surface area (Å²) in [7, 11) is 0. The van der Waals surface area contributed by atoms with E-state index in [-0.39, 0.29) is 19.0 Å². The molecule has 0 saturated heterocycles. The van der Waals surface area contributed by atoms with Crippen molar-refractivity contribution in [2.24, 2.45) is 0 Å². The third-order valence-corrected chi connectivity index (χ3v) is 3.54. The molecular weight excluding hydrogens is 351 g/mol. The van der Waals surface area contributed by atoms with Gasteiger partial charge in [0, 0.05) is 6.61 Å². The van der Waals surface area contributed by atoms with Crippen LogP contribution in [0.2, 0.25) is 0 Å². The number of hydrogen-bond donors (Lipinski definition) is 3. The van der Waals surface area contributed by atoms with Crippen LogP contribution in [0.4, 0.5) is 4.39 Å². The number of unbranched alkanes of at least 4 members (excludes halogenated alkanes) is 1. The van der Waals surface area contributed by atoms with Gasteiger partial charge in [0.25, 0.3) is 0 Å². The molecule has 1 aromatic carbocycles. The van der Waals surface area contributed by atoms with Crippen LogP contribution < -0.4 is 4.74 Å². The predicted octanol–water partition coefficient (Wildman–Crippen LogP) is 2.77. The average Bonchev–Trinajstić information content (AvgIpc) is 2.67. The van der Waals surface area contributed by atoms with E-state index in [1.54, 1.807) is 18.2 Å². The van der Waals surface area contributed by atoms with Crippen LogP contribution in [0.15, 0.2) is 60.7 Å². The Morgan fingerprint density at radius 3 is 2.37 bits per heavy atom. The van der Waals surface area contributed by atoms with E-state index in [0.717, 1.165) is 12.8 Å². The standard InChI is InChI=1S/C21H29FO5/c1-2-26-16-21(25)20(24)10-8-6-4-3-5-7-9-18(23)15-27-19-13-11-17(22)12-14-19/h4,6-14,18,20-21,23-25H,2-3,5,15-16H2,1H3/b6-4+,9-7+,10-8+/t18-,20+,21-/m0/s1. The highest BCUT2D eigenvalue weighted by Gasteiger charge is 2.12. The Morgan fingerprint density at radius 2 is 1.67 bits per heavy atom. The van der Waals surface area contributed by atoms with Gasteiger partial charge in [-0.15, -0.1) is 0 Å². The van der Waals surface area contributed by atoms with Crippen molar-refractivity contribution in [2.45, 2.75) is 38.1 Å². The van der Waals surface area contributed by atoms with Gasteiger partial charge in [0.2, 0.25) is 0 Å². The molecule has 0 aromatic heterocycles. The number of aliphatic hydroxyl groups excluding tert-OH is 3. The molecule has 0 heterocycles. The van der Waals surface area contributed by atoms with E-state index in [2.05, 4.69) is 0 Å². The van der Waals surface area contributed by atoms with Crippen LogP contribution in [0.3, 0.4) is 0 Å². The zero-order valence-corrected chi connectivity index (χ0v) is 15.6. The van der Waals surface area contributed by atoms with Gasteiger partial charge in [-0.25, -0.2) is 4.39 Å². The van der Waals surface area contributed by atoms with E-state index in [4.69, 9.17) is 9.47 Å². The maximum Gasteiger partial charge on any atom is 0.123 e. The highest BCUT2D eigenvalue weighted by atomic mass is 19.1. The van der Waals surface area contributed by atoms with Crippen LogP contribution in [0.5, 0.6) is 5.75 Å². The molecule has 0 saturated carbocycles. The summed E-state index contributed by atoms with van der Waals surface area (Å²) in [5.41, 5.74) is 0. The van der Waals surface area contributed by atoms with Gasteiger partial charge in [-0.1, -0.05) is 36.5 Å². The van der Waals surface area contributed by atoms with Crippen molar-refractivity contribution in [1.29, 1.82) is 0 Å². The molecule has 1 aromatic rings. The number of aliphatic hydroxyl groups is 3. The summed E-state index contributed by atoms with van der Waals surface area (Å²) >= 11 is 0. The summed E-state index contributed by atoms with van der Waals surface area (Å²) in [5, 5.41) is 29.1. The van der Waals surface area contributed by atoms with E-state index >= 15 is 0 Å². The van der Waals surface area contributed by atoms with E-state index in [0.29, 0.717) is 12.4 Å². The molecule has 27 heavy (non-hydrogen) atoms. The third kappa shape index (κ3) is 11.4. The number of allylic oxidation sites excluding steroid dienone is 4. The Bertz CT molecular complexity index is 583. The first-order valence-corrected chi connectivity index (χ1v) is 9.03. The topological polar surface area (TPSA) is 79.2 Å². The molecule has 5 nitrogen and oxygen atoms in total. The van der Waals surface area contributed by atoms with Crippen molar-refractivity contribution < 1.29 is 29.2 Å². The van der Waals surface area contributed by atoms with Gasteiger partial charge >= 0.3 is 0 Å². The molecule has 0 fully saturated rings. The first-order valence-electron chi connectivity index (χ1n) is 9.03. The number of ether oxygens (including phenoxy) is 2. The quantitative estimate of drug-likeness (QED) is 0.279. The van der Waals surface area contributed by atoms with Gasteiger partial charge in [-0.3, -0.25) is 0 Å². The van der Waals surface area contributed by atoms with Gasteiger partial charge in [-0.05, 0) is 44.0 Å². The van der Waals surface area contributed by atoms with Crippen LogP contribution in [-0.2, 0) is 4.74 Å². The maximum absolute atomic E-state index is 12.8. The molecule has 0 unspecified atom stereocenters. The lowest BCUT2D eigenvalue weighted by atomic mass is 10.2. The van der Waals surface area contributed by atoms with Crippen LogP contribution in [-0.4, -0.2) is 53.5 Å². The second-order valence-corrected chi connectivity index (χ2v) is 5.87. The molecule has 0 bridgehead atoms. The fourth-order valence-electron chi connectivity index (χ4n) is 2.03. The molecule has 3 atom stereocenters. The largest absolute Gasteiger partial charge is 0.491 e. The lowest BCUT2D eigenvalue weighted by molar-refractivity contribution is -0.0167. The normalized spacial score (nSPS) is 15.6. The van der Waals surface area contributed by atoms with E-state index < -0.39 is 18.3 Å². The molecule has 6 heteroatoms. The fraction of sp³-hybridized carbons (Fsp3) is 0.429. The highest BCUT2D eigenvalue weighted by Crippen LogP contribution is 2.11. The summed E-state index contributed by atoms with van der Waals surface area (Å²) in [6, 6.07) is 5.63. The van der Waals surface area contributed by atoms with Crippen molar-refractivity contribution in [3.05, 3.63) is 66.5 Å². The van der Waals surface area contributed by atoms with Gasteiger partial charge in [0.1, 0.15) is 36.5 Å². The molecule has 0 amide bonds. The molecule has 0 aliphatic rings. The third-order valence-electron chi connectivity index (χ3n) is 3.54. The molecule has 3 N–H and O–H groups in total. The first kappa shape index (κ1) is 23.0. The zero-order valence-electron chi connectivity index (χ0n) is 15.6. The summed E-state index contributed by atoms with van der Waals surface area (Å²) < 4.78 is 23.2. The van der Waals surface area contributed by atoms with Crippen molar-refractivity contribution >= 4 is 0 Å².